The quantitative estimate of drug-likeness (QED) is 0.111. The molecule has 0 aliphatic carbocycles. The predicted molar refractivity (Wildman–Crippen MR) is 136 cm³/mol. The van der Waals surface area contributed by atoms with Gasteiger partial charge in [0.15, 0.2) is 0 Å². The fourth-order valence-electron chi connectivity index (χ4n) is 4.44. The molecule has 0 amide bonds. The van der Waals surface area contributed by atoms with Crippen LogP contribution in [0.2, 0.25) is 12.1 Å². The van der Waals surface area contributed by atoms with Gasteiger partial charge in [-0.05, 0) is 12.1 Å². The molecule has 0 aliphatic rings. The minimum atomic E-state index is -1.66. The second-order valence-corrected chi connectivity index (χ2v) is 13.3. The van der Waals surface area contributed by atoms with Gasteiger partial charge in [-0.3, -0.25) is 0 Å². The Labute approximate surface area is 186 Å². The first-order valence-corrected chi connectivity index (χ1v) is 15.8. The van der Waals surface area contributed by atoms with E-state index in [0.29, 0.717) is 0 Å². The maximum absolute atomic E-state index is 6.07. The van der Waals surface area contributed by atoms with E-state index in [4.69, 9.17) is 4.43 Å². The van der Waals surface area contributed by atoms with Gasteiger partial charge in [-0.25, -0.2) is 0 Å². The lowest BCUT2D eigenvalue weighted by molar-refractivity contribution is 0.395. The maximum Gasteiger partial charge on any atom is 0.216 e. The van der Waals surface area contributed by atoms with Crippen LogP contribution in [0.4, 0.5) is 0 Å². The summed E-state index contributed by atoms with van der Waals surface area (Å²) in [7, 11) is 0.285. The van der Waals surface area contributed by atoms with E-state index in [1.165, 1.54) is 141 Å². The Morgan fingerprint density at radius 1 is 0.517 bits per heavy atom. The van der Waals surface area contributed by atoms with Crippen molar-refractivity contribution in [3.05, 3.63) is 12.3 Å². The number of unbranched alkanes of at least 4 members (excludes halogenated alkanes) is 18. The molecule has 2 heteroatoms. The molecular weight excluding hydrogens is 368 g/mol. The first-order valence-electron chi connectivity index (χ1n) is 13.4. The smallest absolute Gasteiger partial charge is 0.216 e. The molecule has 0 heterocycles. The number of hydrogen-bond donors (Lipinski definition) is 0. The third-order valence-corrected chi connectivity index (χ3v) is 10.6. The first kappa shape index (κ1) is 28.9. The van der Waals surface area contributed by atoms with Crippen LogP contribution in [0.3, 0.4) is 0 Å². The molecule has 0 N–H and O–H groups in total. The lowest BCUT2D eigenvalue weighted by atomic mass is 10.1. The highest BCUT2D eigenvalue weighted by atomic mass is 28.4. The van der Waals surface area contributed by atoms with Crippen LogP contribution in [0, 0.1) is 0 Å². The standard InChI is InChI=1S/C27H56OSi/c1-5-8-10-12-14-16-18-20-22-24-26-29(7-3,28-4)27-25-23-21-19-17-15-13-11-9-6-2/h7H,3,5-6,8-27H2,1-2,4H3. The highest BCUT2D eigenvalue weighted by Crippen LogP contribution is 2.25. The summed E-state index contributed by atoms with van der Waals surface area (Å²) in [6, 6.07) is 2.59. The summed E-state index contributed by atoms with van der Waals surface area (Å²) in [5.41, 5.74) is 2.23. The molecule has 0 saturated heterocycles. The fraction of sp³-hybridized carbons (Fsp3) is 0.926. The molecule has 0 aliphatic heterocycles. The van der Waals surface area contributed by atoms with Crippen molar-refractivity contribution in [2.24, 2.45) is 0 Å². The Bertz CT molecular complexity index is 304. The minimum absolute atomic E-state index is 1.29. The summed E-state index contributed by atoms with van der Waals surface area (Å²) in [6.07, 6.45) is 28.3. The lowest BCUT2D eigenvalue weighted by Gasteiger charge is -2.26. The summed E-state index contributed by atoms with van der Waals surface area (Å²) < 4.78 is 6.07. The van der Waals surface area contributed by atoms with Crippen molar-refractivity contribution in [3.63, 3.8) is 0 Å². The van der Waals surface area contributed by atoms with Gasteiger partial charge in [0.05, 0.1) is 0 Å². The third-order valence-electron chi connectivity index (χ3n) is 6.69. The van der Waals surface area contributed by atoms with Crippen molar-refractivity contribution < 1.29 is 4.43 Å². The second-order valence-electron chi connectivity index (χ2n) is 9.34. The predicted octanol–water partition coefficient (Wildman–Crippen LogP) is 10.1. The monoisotopic (exact) mass is 424 g/mol. The molecule has 0 aromatic rings. The third kappa shape index (κ3) is 18.4. The van der Waals surface area contributed by atoms with Crippen LogP contribution in [0.15, 0.2) is 12.3 Å². The molecular formula is C27H56OSi. The first-order chi connectivity index (χ1) is 14.2. The van der Waals surface area contributed by atoms with E-state index in [-0.39, 0.29) is 0 Å². The van der Waals surface area contributed by atoms with Crippen LogP contribution in [-0.4, -0.2) is 15.4 Å². The molecule has 0 spiro atoms. The van der Waals surface area contributed by atoms with Gasteiger partial charge in [0, 0.05) is 7.11 Å². The minimum Gasteiger partial charge on any atom is -0.416 e. The second kappa shape index (κ2) is 22.6. The Hall–Kier alpha value is -0.0831. The summed E-state index contributed by atoms with van der Waals surface area (Å²) in [5.74, 6) is 0. The molecule has 174 valence electrons. The van der Waals surface area contributed by atoms with E-state index in [1.54, 1.807) is 0 Å². The highest BCUT2D eigenvalue weighted by molar-refractivity contribution is 6.78. The van der Waals surface area contributed by atoms with Crippen molar-refractivity contribution in [1.29, 1.82) is 0 Å². The van der Waals surface area contributed by atoms with Crippen LogP contribution in [0.5, 0.6) is 0 Å². The zero-order chi connectivity index (χ0) is 21.5. The van der Waals surface area contributed by atoms with Crippen LogP contribution in [0.25, 0.3) is 0 Å². The van der Waals surface area contributed by atoms with Gasteiger partial charge in [-0.2, -0.15) is 0 Å². The van der Waals surface area contributed by atoms with Crippen LogP contribution >= 0.6 is 0 Å². The molecule has 0 atom stereocenters. The van der Waals surface area contributed by atoms with Gasteiger partial charge in [-0.1, -0.05) is 148 Å². The molecule has 0 bridgehead atoms. The molecule has 1 nitrogen and oxygen atoms in total. The Balaban J connectivity index is 3.65. The fourth-order valence-corrected chi connectivity index (χ4v) is 7.37. The van der Waals surface area contributed by atoms with E-state index in [1.807, 2.05) is 7.11 Å². The molecule has 0 aromatic heterocycles. The molecule has 0 saturated carbocycles. The number of rotatable bonds is 24. The van der Waals surface area contributed by atoms with Gasteiger partial charge in [-0.15, -0.1) is 6.58 Å². The topological polar surface area (TPSA) is 9.23 Å². The van der Waals surface area contributed by atoms with Crippen molar-refractivity contribution >= 4 is 8.32 Å². The Morgan fingerprint density at radius 2 is 0.793 bits per heavy atom. The van der Waals surface area contributed by atoms with Crippen LogP contribution < -0.4 is 0 Å². The van der Waals surface area contributed by atoms with Crippen LogP contribution in [-0.2, 0) is 4.43 Å². The molecule has 0 radical (unpaired) electrons. The van der Waals surface area contributed by atoms with E-state index >= 15 is 0 Å². The summed E-state index contributed by atoms with van der Waals surface area (Å²) in [6.45, 7) is 8.76. The maximum atomic E-state index is 6.07. The highest BCUT2D eigenvalue weighted by Gasteiger charge is 2.28. The van der Waals surface area contributed by atoms with Crippen molar-refractivity contribution in [3.8, 4) is 0 Å². The SMILES string of the molecule is C=C[Si](CCCCCCCCCCCC)(CCCCCCCCCCCC)OC. The molecule has 0 fully saturated rings. The van der Waals surface area contributed by atoms with Crippen molar-refractivity contribution in [2.45, 2.75) is 154 Å². The molecule has 0 rings (SSSR count). The molecule has 29 heavy (non-hydrogen) atoms. The van der Waals surface area contributed by atoms with Gasteiger partial charge in [0.25, 0.3) is 0 Å². The van der Waals surface area contributed by atoms with Crippen molar-refractivity contribution in [2.75, 3.05) is 7.11 Å². The molecule has 0 unspecified atom stereocenters. The summed E-state index contributed by atoms with van der Waals surface area (Å²) in [5, 5.41) is 0. The molecule has 0 aromatic carbocycles. The normalized spacial score (nSPS) is 11.8. The van der Waals surface area contributed by atoms with Gasteiger partial charge >= 0.3 is 0 Å². The van der Waals surface area contributed by atoms with Gasteiger partial charge < -0.3 is 4.43 Å². The lowest BCUT2D eigenvalue weighted by Crippen LogP contribution is -2.34. The summed E-state index contributed by atoms with van der Waals surface area (Å²) >= 11 is 0. The zero-order valence-electron chi connectivity index (χ0n) is 20.7. The van der Waals surface area contributed by atoms with E-state index < -0.39 is 8.32 Å². The van der Waals surface area contributed by atoms with Gasteiger partial charge in [0.1, 0.15) is 0 Å². The average Bonchev–Trinajstić information content (AvgIpc) is 2.75. The van der Waals surface area contributed by atoms with Crippen LogP contribution in [0.1, 0.15) is 142 Å². The van der Waals surface area contributed by atoms with Crippen molar-refractivity contribution in [1.82, 2.24) is 0 Å². The van der Waals surface area contributed by atoms with E-state index in [2.05, 4.69) is 26.1 Å². The zero-order valence-corrected chi connectivity index (χ0v) is 21.7. The van der Waals surface area contributed by atoms with E-state index in [9.17, 15) is 0 Å². The summed E-state index contributed by atoms with van der Waals surface area (Å²) in [4.78, 5) is 0. The van der Waals surface area contributed by atoms with Gasteiger partial charge in [0.2, 0.25) is 8.32 Å². The average molecular weight is 425 g/mol. The Morgan fingerprint density at radius 3 is 1.03 bits per heavy atom. The van der Waals surface area contributed by atoms with E-state index in [0.717, 1.165) is 0 Å². The Kier molecular flexibility index (Phi) is 22.5. The number of hydrogen-bond acceptors (Lipinski definition) is 1. The largest absolute Gasteiger partial charge is 0.416 e.